The van der Waals surface area contributed by atoms with Gasteiger partial charge in [0.2, 0.25) is 5.90 Å². The van der Waals surface area contributed by atoms with Gasteiger partial charge in [-0.2, -0.15) is 0 Å². The average molecular weight is 458 g/mol. The third-order valence-corrected chi connectivity index (χ3v) is 4.49. The predicted molar refractivity (Wildman–Crippen MR) is 113 cm³/mol. The third kappa shape index (κ3) is 5.32. The molecule has 0 atom stereocenters. The lowest BCUT2D eigenvalue weighted by molar-refractivity contribution is -0.134. The van der Waals surface area contributed by atoms with Crippen molar-refractivity contribution in [2.75, 3.05) is 6.61 Å². The first kappa shape index (κ1) is 20.8. The Bertz CT molecular complexity index is 979. The van der Waals surface area contributed by atoms with Crippen molar-refractivity contribution in [3.63, 3.8) is 0 Å². The number of hydrogen-bond donors (Lipinski definition) is 0. The highest BCUT2D eigenvalue weighted by Gasteiger charge is 2.24. The zero-order chi connectivity index (χ0) is 20.8. The molecular formula is C22H20BrNO5. The Morgan fingerprint density at radius 1 is 1.14 bits per heavy atom. The van der Waals surface area contributed by atoms with Gasteiger partial charge in [0.1, 0.15) is 0 Å². The molecule has 3 rings (SSSR count). The topological polar surface area (TPSA) is 74.2 Å². The van der Waals surface area contributed by atoms with E-state index >= 15 is 0 Å². The first-order chi connectivity index (χ1) is 14.0. The Labute approximate surface area is 177 Å². The number of nitrogens with zero attached hydrogens (tertiary/aromatic N) is 1. The van der Waals surface area contributed by atoms with Crippen LogP contribution in [0.2, 0.25) is 0 Å². The van der Waals surface area contributed by atoms with Gasteiger partial charge in [-0.3, -0.25) is 4.79 Å². The fraction of sp³-hybridized carbons (Fsp3) is 0.227. The van der Waals surface area contributed by atoms with Gasteiger partial charge in [-0.25, -0.2) is 9.79 Å². The molecule has 0 amide bonds. The second-order valence-corrected chi connectivity index (χ2v) is 7.12. The van der Waals surface area contributed by atoms with E-state index in [0.717, 1.165) is 4.47 Å². The fourth-order valence-corrected chi connectivity index (χ4v) is 2.89. The molecule has 0 saturated carbocycles. The van der Waals surface area contributed by atoms with Crippen LogP contribution in [0.1, 0.15) is 37.8 Å². The lowest BCUT2D eigenvalue weighted by atomic mass is 10.1. The summed E-state index contributed by atoms with van der Waals surface area (Å²) in [4.78, 5) is 28.3. The molecule has 150 valence electrons. The predicted octanol–water partition coefficient (Wildman–Crippen LogP) is 4.90. The summed E-state index contributed by atoms with van der Waals surface area (Å²) < 4.78 is 17.1. The minimum Gasteiger partial charge on any atom is -0.490 e. The van der Waals surface area contributed by atoms with E-state index in [-0.39, 0.29) is 17.6 Å². The number of rotatable bonds is 7. The summed E-state index contributed by atoms with van der Waals surface area (Å²) in [5.74, 6) is 0.182. The Hall–Kier alpha value is -2.93. The Morgan fingerprint density at radius 3 is 2.59 bits per heavy atom. The molecule has 6 nitrogen and oxygen atoms in total. The molecule has 0 N–H and O–H groups in total. The SMILES string of the molecule is CCCC(=O)Oc1ccc(C=C2N=C(c3ccc(Br)cc3)OC2=O)cc1OCC. The number of ether oxygens (including phenoxy) is 3. The quantitative estimate of drug-likeness (QED) is 0.335. The van der Waals surface area contributed by atoms with Crippen molar-refractivity contribution in [3.05, 3.63) is 63.8 Å². The minimum absolute atomic E-state index is 0.182. The smallest absolute Gasteiger partial charge is 0.363 e. The van der Waals surface area contributed by atoms with Crippen molar-refractivity contribution in [2.24, 2.45) is 4.99 Å². The van der Waals surface area contributed by atoms with Crippen molar-refractivity contribution >= 4 is 39.8 Å². The molecule has 0 aromatic heterocycles. The summed E-state index contributed by atoms with van der Waals surface area (Å²) in [5, 5.41) is 0. The van der Waals surface area contributed by atoms with Crippen molar-refractivity contribution in [2.45, 2.75) is 26.7 Å². The first-order valence-corrected chi connectivity index (χ1v) is 10.1. The monoisotopic (exact) mass is 457 g/mol. The normalized spacial score (nSPS) is 14.5. The molecule has 29 heavy (non-hydrogen) atoms. The maximum Gasteiger partial charge on any atom is 0.363 e. The van der Waals surface area contributed by atoms with Crippen LogP contribution in [0.15, 0.2) is 57.6 Å². The molecule has 2 aromatic rings. The van der Waals surface area contributed by atoms with Gasteiger partial charge in [-0.15, -0.1) is 0 Å². The number of benzene rings is 2. The van der Waals surface area contributed by atoms with E-state index < -0.39 is 5.97 Å². The first-order valence-electron chi connectivity index (χ1n) is 9.26. The van der Waals surface area contributed by atoms with Gasteiger partial charge in [0.05, 0.1) is 6.61 Å². The summed E-state index contributed by atoms with van der Waals surface area (Å²) in [6.45, 7) is 4.15. The molecule has 0 fully saturated rings. The van der Waals surface area contributed by atoms with E-state index in [0.29, 0.717) is 42.1 Å². The molecule has 1 aliphatic heterocycles. The van der Waals surface area contributed by atoms with Gasteiger partial charge in [-0.05, 0) is 61.4 Å². The minimum atomic E-state index is -0.528. The zero-order valence-corrected chi connectivity index (χ0v) is 17.7. The van der Waals surface area contributed by atoms with E-state index in [4.69, 9.17) is 14.2 Å². The van der Waals surface area contributed by atoms with Gasteiger partial charge >= 0.3 is 11.9 Å². The molecule has 0 aliphatic carbocycles. The van der Waals surface area contributed by atoms with Gasteiger partial charge in [0.15, 0.2) is 17.2 Å². The van der Waals surface area contributed by atoms with E-state index in [1.54, 1.807) is 24.3 Å². The van der Waals surface area contributed by atoms with Crippen LogP contribution < -0.4 is 9.47 Å². The lowest BCUT2D eigenvalue weighted by Gasteiger charge is -2.11. The van der Waals surface area contributed by atoms with Gasteiger partial charge in [0, 0.05) is 16.5 Å². The Balaban J connectivity index is 1.86. The highest BCUT2D eigenvalue weighted by Crippen LogP contribution is 2.30. The summed E-state index contributed by atoms with van der Waals surface area (Å²) in [6, 6.07) is 12.4. The maximum absolute atomic E-state index is 12.2. The number of carbonyl (C=O) groups is 2. The van der Waals surface area contributed by atoms with Crippen molar-refractivity contribution in [1.29, 1.82) is 0 Å². The molecule has 0 bridgehead atoms. The van der Waals surface area contributed by atoms with Crippen LogP contribution in [0.3, 0.4) is 0 Å². The average Bonchev–Trinajstić information content (AvgIpc) is 3.05. The molecule has 0 radical (unpaired) electrons. The van der Waals surface area contributed by atoms with Gasteiger partial charge < -0.3 is 14.2 Å². The number of carbonyl (C=O) groups excluding carboxylic acids is 2. The van der Waals surface area contributed by atoms with E-state index in [1.165, 1.54) is 0 Å². The molecule has 0 spiro atoms. The van der Waals surface area contributed by atoms with Gasteiger partial charge in [0.25, 0.3) is 0 Å². The second-order valence-electron chi connectivity index (χ2n) is 6.21. The summed E-state index contributed by atoms with van der Waals surface area (Å²) in [6.07, 6.45) is 2.64. The molecule has 7 heteroatoms. The van der Waals surface area contributed by atoms with Crippen LogP contribution >= 0.6 is 15.9 Å². The summed E-state index contributed by atoms with van der Waals surface area (Å²) in [5.41, 5.74) is 1.57. The molecule has 0 saturated heterocycles. The number of hydrogen-bond acceptors (Lipinski definition) is 6. The van der Waals surface area contributed by atoms with Crippen molar-refractivity contribution in [3.8, 4) is 11.5 Å². The number of cyclic esters (lactones) is 1. The van der Waals surface area contributed by atoms with Crippen molar-refractivity contribution in [1.82, 2.24) is 0 Å². The molecule has 2 aromatic carbocycles. The second kappa shape index (κ2) is 9.52. The zero-order valence-electron chi connectivity index (χ0n) is 16.1. The van der Waals surface area contributed by atoms with Crippen LogP contribution in [-0.2, 0) is 14.3 Å². The number of esters is 2. The van der Waals surface area contributed by atoms with Crippen LogP contribution in [0.25, 0.3) is 6.08 Å². The van der Waals surface area contributed by atoms with Crippen LogP contribution in [0.5, 0.6) is 11.5 Å². The Morgan fingerprint density at radius 2 is 1.90 bits per heavy atom. The van der Waals surface area contributed by atoms with Crippen LogP contribution in [-0.4, -0.2) is 24.4 Å². The fourth-order valence-electron chi connectivity index (χ4n) is 2.63. The number of aliphatic imine (C=N–C) groups is 1. The largest absolute Gasteiger partial charge is 0.490 e. The van der Waals surface area contributed by atoms with Crippen LogP contribution in [0.4, 0.5) is 0 Å². The maximum atomic E-state index is 12.2. The molecular weight excluding hydrogens is 438 g/mol. The Kier molecular flexibility index (Phi) is 6.82. The number of halogens is 1. The highest BCUT2D eigenvalue weighted by molar-refractivity contribution is 9.10. The summed E-state index contributed by atoms with van der Waals surface area (Å²) in [7, 11) is 0. The highest BCUT2D eigenvalue weighted by atomic mass is 79.9. The van der Waals surface area contributed by atoms with Gasteiger partial charge in [-0.1, -0.05) is 28.9 Å². The lowest BCUT2D eigenvalue weighted by Crippen LogP contribution is -2.08. The standard InChI is InChI=1S/C22H20BrNO5/c1-3-5-20(25)28-18-11-6-14(13-19(18)27-4-2)12-17-22(26)29-21(24-17)15-7-9-16(23)10-8-15/h6-13H,3-5H2,1-2H3. The molecule has 0 unspecified atom stereocenters. The van der Waals surface area contributed by atoms with Crippen molar-refractivity contribution < 1.29 is 23.8 Å². The summed E-state index contributed by atoms with van der Waals surface area (Å²) >= 11 is 3.37. The molecule has 1 aliphatic rings. The van der Waals surface area contributed by atoms with E-state index in [2.05, 4.69) is 20.9 Å². The molecule has 1 heterocycles. The van der Waals surface area contributed by atoms with E-state index in [9.17, 15) is 9.59 Å². The third-order valence-electron chi connectivity index (χ3n) is 3.96. The van der Waals surface area contributed by atoms with E-state index in [1.807, 2.05) is 38.1 Å². The van der Waals surface area contributed by atoms with Crippen LogP contribution in [0, 0.1) is 0 Å².